The van der Waals surface area contributed by atoms with Crippen LogP contribution in [-0.2, 0) is 12.8 Å². The van der Waals surface area contributed by atoms with Crippen molar-refractivity contribution in [2.45, 2.75) is 25.3 Å². The molecule has 3 rings (SSSR count). The van der Waals surface area contributed by atoms with Crippen molar-refractivity contribution in [3.63, 3.8) is 0 Å². The summed E-state index contributed by atoms with van der Waals surface area (Å²) < 4.78 is 5.74. The average Bonchev–Trinajstić information content (AvgIpc) is 2.84. The zero-order chi connectivity index (χ0) is 10.3. The molecule has 2 aromatic rings. The van der Waals surface area contributed by atoms with Crippen LogP contribution in [-0.4, -0.2) is 11.0 Å². The Bertz CT molecular complexity index is 461. The Labute approximate surface area is 91.9 Å². The van der Waals surface area contributed by atoms with Crippen molar-refractivity contribution in [1.29, 1.82) is 0 Å². The molecule has 0 radical (unpaired) electrons. The van der Waals surface area contributed by atoms with E-state index in [-0.39, 0.29) is 6.04 Å². The predicted octanol–water partition coefficient (Wildman–Crippen LogP) is 2.22. The lowest BCUT2D eigenvalue weighted by atomic mass is 9.98. The molecular formula is C11H12N2OS. The van der Waals surface area contributed by atoms with Crippen molar-refractivity contribution in [2.75, 3.05) is 0 Å². The first kappa shape index (κ1) is 9.12. The quantitative estimate of drug-likeness (QED) is 0.801. The summed E-state index contributed by atoms with van der Waals surface area (Å²) in [6, 6.07) is 4.29. The van der Waals surface area contributed by atoms with Gasteiger partial charge >= 0.3 is 0 Å². The molecule has 0 aromatic carbocycles. The maximum absolute atomic E-state index is 5.90. The highest BCUT2D eigenvalue weighted by atomic mass is 32.1. The van der Waals surface area contributed by atoms with Gasteiger partial charge in [0.2, 0.25) is 5.89 Å². The molecule has 0 fully saturated rings. The second kappa shape index (κ2) is 3.47. The van der Waals surface area contributed by atoms with Crippen molar-refractivity contribution in [3.05, 3.63) is 29.0 Å². The van der Waals surface area contributed by atoms with E-state index in [0.717, 1.165) is 41.5 Å². The van der Waals surface area contributed by atoms with Crippen LogP contribution in [0.5, 0.6) is 0 Å². The molecule has 1 aliphatic rings. The van der Waals surface area contributed by atoms with Crippen LogP contribution in [0.3, 0.4) is 0 Å². The highest BCUT2D eigenvalue weighted by Crippen LogP contribution is 2.29. The second-order valence-corrected chi connectivity index (χ2v) is 4.82. The van der Waals surface area contributed by atoms with Gasteiger partial charge in [-0.25, -0.2) is 4.98 Å². The lowest BCUT2D eigenvalue weighted by Gasteiger charge is -2.14. The van der Waals surface area contributed by atoms with Gasteiger partial charge in [-0.1, -0.05) is 6.07 Å². The zero-order valence-electron chi connectivity index (χ0n) is 8.27. The summed E-state index contributed by atoms with van der Waals surface area (Å²) in [5.74, 6) is 1.78. The number of nitrogens with zero attached hydrogens (tertiary/aromatic N) is 1. The van der Waals surface area contributed by atoms with Crippen molar-refractivity contribution in [3.8, 4) is 10.8 Å². The van der Waals surface area contributed by atoms with E-state index in [0.29, 0.717) is 0 Å². The van der Waals surface area contributed by atoms with Crippen LogP contribution in [0.25, 0.3) is 10.8 Å². The van der Waals surface area contributed by atoms with Gasteiger partial charge in [0.05, 0.1) is 10.6 Å². The van der Waals surface area contributed by atoms with Crippen LogP contribution in [0, 0.1) is 0 Å². The Morgan fingerprint density at radius 1 is 1.53 bits per heavy atom. The van der Waals surface area contributed by atoms with E-state index in [1.807, 2.05) is 17.5 Å². The topological polar surface area (TPSA) is 52.0 Å². The van der Waals surface area contributed by atoms with Crippen LogP contribution in [0.4, 0.5) is 0 Å². The number of hydrogen-bond donors (Lipinski definition) is 1. The monoisotopic (exact) mass is 220 g/mol. The van der Waals surface area contributed by atoms with E-state index in [1.165, 1.54) is 0 Å². The van der Waals surface area contributed by atoms with Crippen molar-refractivity contribution >= 4 is 11.3 Å². The van der Waals surface area contributed by atoms with Gasteiger partial charge in [0.25, 0.3) is 0 Å². The molecule has 4 heteroatoms. The fourth-order valence-electron chi connectivity index (χ4n) is 1.91. The highest BCUT2D eigenvalue weighted by Gasteiger charge is 2.22. The van der Waals surface area contributed by atoms with Crippen molar-refractivity contribution in [2.24, 2.45) is 5.73 Å². The minimum Gasteiger partial charge on any atom is -0.440 e. The second-order valence-electron chi connectivity index (χ2n) is 3.87. The first-order chi connectivity index (χ1) is 7.33. The van der Waals surface area contributed by atoms with Crippen molar-refractivity contribution < 1.29 is 4.42 Å². The summed E-state index contributed by atoms with van der Waals surface area (Å²) >= 11 is 1.65. The van der Waals surface area contributed by atoms with Crippen LogP contribution in [0.15, 0.2) is 21.9 Å². The molecule has 3 nitrogen and oxygen atoms in total. The molecule has 0 amide bonds. The van der Waals surface area contributed by atoms with E-state index in [2.05, 4.69) is 4.98 Å². The van der Waals surface area contributed by atoms with E-state index < -0.39 is 0 Å². The molecule has 2 aromatic heterocycles. The van der Waals surface area contributed by atoms with Crippen LogP contribution >= 0.6 is 11.3 Å². The van der Waals surface area contributed by atoms with Crippen LogP contribution in [0.1, 0.15) is 17.9 Å². The molecular weight excluding hydrogens is 208 g/mol. The number of fused-ring (bicyclic) bond motifs is 1. The van der Waals surface area contributed by atoms with Gasteiger partial charge in [-0.15, -0.1) is 11.3 Å². The third-order valence-electron chi connectivity index (χ3n) is 2.71. The molecule has 1 atom stereocenters. The molecule has 0 spiro atoms. The normalized spacial score (nSPS) is 20.2. The number of nitrogens with two attached hydrogens (primary N) is 1. The minimum atomic E-state index is 0.249. The van der Waals surface area contributed by atoms with E-state index in [1.54, 1.807) is 11.3 Å². The van der Waals surface area contributed by atoms with Gasteiger partial charge in [0.1, 0.15) is 5.76 Å². The Kier molecular flexibility index (Phi) is 2.11. The summed E-state index contributed by atoms with van der Waals surface area (Å²) in [7, 11) is 0. The van der Waals surface area contributed by atoms with Gasteiger partial charge < -0.3 is 10.2 Å². The first-order valence-corrected chi connectivity index (χ1v) is 5.99. The third-order valence-corrected chi connectivity index (χ3v) is 3.57. The van der Waals surface area contributed by atoms with E-state index in [4.69, 9.17) is 10.2 Å². The molecule has 0 saturated heterocycles. The summed E-state index contributed by atoms with van der Waals surface area (Å²) in [5, 5.41) is 2.03. The number of hydrogen-bond acceptors (Lipinski definition) is 4. The van der Waals surface area contributed by atoms with Crippen LogP contribution < -0.4 is 5.73 Å². The van der Waals surface area contributed by atoms with Crippen molar-refractivity contribution in [1.82, 2.24) is 4.98 Å². The molecule has 1 unspecified atom stereocenters. The lowest BCUT2D eigenvalue weighted by Crippen LogP contribution is -2.27. The Balaban J connectivity index is 2.00. The fourth-order valence-corrected chi connectivity index (χ4v) is 2.56. The number of aryl methyl sites for hydroxylation is 1. The van der Waals surface area contributed by atoms with Crippen LogP contribution in [0.2, 0.25) is 0 Å². The fraction of sp³-hybridized carbons (Fsp3) is 0.364. The first-order valence-electron chi connectivity index (χ1n) is 5.11. The summed E-state index contributed by atoms with van der Waals surface area (Å²) in [6.07, 6.45) is 2.78. The van der Waals surface area contributed by atoms with Gasteiger partial charge in [-0.2, -0.15) is 0 Å². The van der Waals surface area contributed by atoms with Gasteiger partial charge in [0, 0.05) is 18.9 Å². The minimum absolute atomic E-state index is 0.249. The molecule has 0 saturated carbocycles. The predicted molar refractivity (Wildman–Crippen MR) is 59.8 cm³/mol. The molecule has 1 aliphatic carbocycles. The average molecular weight is 220 g/mol. The molecule has 78 valence electrons. The Hall–Kier alpha value is -1.13. The van der Waals surface area contributed by atoms with E-state index in [9.17, 15) is 0 Å². The molecule has 0 bridgehead atoms. The summed E-state index contributed by atoms with van der Waals surface area (Å²) in [5.41, 5.74) is 6.95. The lowest BCUT2D eigenvalue weighted by molar-refractivity contribution is 0.464. The Morgan fingerprint density at radius 2 is 2.47 bits per heavy atom. The molecule has 0 aliphatic heterocycles. The number of oxazole rings is 1. The standard InChI is InChI=1S/C11H12N2OS/c12-7-3-4-9-8(6-7)13-11(14-9)10-2-1-5-15-10/h1-2,5,7H,3-4,6,12H2. The maximum atomic E-state index is 5.90. The number of aromatic nitrogens is 1. The third kappa shape index (κ3) is 1.60. The molecule has 2 N–H and O–H groups in total. The van der Waals surface area contributed by atoms with Gasteiger partial charge in [0.15, 0.2) is 0 Å². The molecule has 15 heavy (non-hydrogen) atoms. The molecule has 2 heterocycles. The Morgan fingerprint density at radius 3 is 3.27 bits per heavy atom. The van der Waals surface area contributed by atoms with Gasteiger partial charge in [-0.05, 0) is 17.9 Å². The van der Waals surface area contributed by atoms with E-state index >= 15 is 0 Å². The highest BCUT2D eigenvalue weighted by molar-refractivity contribution is 7.13. The zero-order valence-corrected chi connectivity index (χ0v) is 9.09. The smallest absolute Gasteiger partial charge is 0.236 e. The SMILES string of the molecule is NC1CCc2oc(-c3cccs3)nc2C1. The number of rotatable bonds is 1. The maximum Gasteiger partial charge on any atom is 0.236 e. The van der Waals surface area contributed by atoms with Gasteiger partial charge in [-0.3, -0.25) is 0 Å². The summed E-state index contributed by atoms with van der Waals surface area (Å²) in [6.45, 7) is 0. The summed E-state index contributed by atoms with van der Waals surface area (Å²) in [4.78, 5) is 5.60. The number of thiophene rings is 1. The largest absolute Gasteiger partial charge is 0.440 e.